The summed E-state index contributed by atoms with van der Waals surface area (Å²) < 4.78 is 26.8. The average molecular weight is 282 g/mol. The third-order valence-corrected chi connectivity index (χ3v) is 5.09. The molecular weight excluding hydrogens is 260 g/mol. The summed E-state index contributed by atoms with van der Waals surface area (Å²) in [6.45, 7) is 3.38. The molecule has 0 amide bonds. The van der Waals surface area contributed by atoms with Crippen molar-refractivity contribution < 1.29 is 8.42 Å². The van der Waals surface area contributed by atoms with Gasteiger partial charge in [-0.3, -0.25) is 0 Å². The van der Waals surface area contributed by atoms with Gasteiger partial charge < -0.3 is 5.32 Å². The van der Waals surface area contributed by atoms with Crippen LogP contribution in [0.4, 0.5) is 5.69 Å². The van der Waals surface area contributed by atoms with Crippen LogP contribution in [0.15, 0.2) is 29.2 Å². The van der Waals surface area contributed by atoms with Crippen molar-refractivity contribution in [3.63, 3.8) is 0 Å². The molecule has 0 radical (unpaired) electrons. The summed E-state index contributed by atoms with van der Waals surface area (Å²) in [6.07, 6.45) is 4.75. The second-order valence-corrected chi connectivity index (χ2v) is 6.81. The number of rotatable bonds is 7. The van der Waals surface area contributed by atoms with E-state index in [0.29, 0.717) is 11.4 Å². The molecule has 1 aliphatic rings. The molecule has 1 fully saturated rings. The maximum atomic E-state index is 12.1. The van der Waals surface area contributed by atoms with Crippen LogP contribution in [0.2, 0.25) is 0 Å². The molecule has 1 aliphatic carbocycles. The van der Waals surface area contributed by atoms with E-state index < -0.39 is 10.0 Å². The third-order valence-electron chi connectivity index (χ3n) is 3.61. The van der Waals surface area contributed by atoms with Gasteiger partial charge in [-0.2, -0.15) is 0 Å². The molecule has 1 aromatic carbocycles. The minimum atomic E-state index is -3.35. The van der Waals surface area contributed by atoms with Gasteiger partial charge >= 0.3 is 0 Å². The first-order valence-electron chi connectivity index (χ1n) is 6.95. The van der Waals surface area contributed by atoms with Gasteiger partial charge in [0, 0.05) is 18.8 Å². The van der Waals surface area contributed by atoms with E-state index in [4.69, 9.17) is 0 Å². The van der Waals surface area contributed by atoms with Crippen LogP contribution in [0, 0.1) is 5.92 Å². The first kappa shape index (κ1) is 14.3. The Kier molecular flexibility index (Phi) is 4.82. The highest BCUT2D eigenvalue weighted by Crippen LogP contribution is 2.28. The number of sulfonamides is 1. The van der Waals surface area contributed by atoms with E-state index in [1.807, 2.05) is 6.92 Å². The number of hydrogen-bond acceptors (Lipinski definition) is 3. The van der Waals surface area contributed by atoms with Crippen molar-refractivity contribution in [2.75, 3.05) is 18.4 Å². The summed E-state index contributed by atoms with van der Waals surface area (Å²) in [7, 11) is -3.35. The topological polar surface area (TPSA) is 58.2 Å². The summed E-state index contributed by atoms with van der Waals surface area (Å²) in [5.74, 6) is 0.721. The molecular formula is C14H22N2O2S. The van der Waals surface area contributed by atoms with Gasteiger partial charge in [-0.05, 0) is 43.5 Å². The second kappa shape index (κ2) is 6.39. The van der Waals surface area contributed by atoms with Gasteiger partial charge in [-0.25, -0.2) is 13.1 Å². The highest BCUT2D eigenvalue weighted by molar-refractivity contribution is 7.89. The van der Waals surface area contributed by atoms with Crippen molar-refractivity contribution in [1.29, 1.82) is 0 Å². The summed E-state index contributed by atoms with van der Waals surface area (Å²) >= 11 is 0. The SMILES string of the molecule is CCNc1ccc(S(=O)(=O)NCCC2CCC2)cc1. The molecule has 2 N–H and O–H groups in total. The lowest BCUT2D eigenvalue weighted by Gasteiger charge is -2.25. The van der Waals surface area contributed by atoms with Gasteiger partial charge in [0.05, 0.1) is 4.90 Å². The van der Waals surface area contributed by atoms with Crippen molar-refractivity contribution >= 4 is 15.7 Å². The quantitative estimate of drug-likeness (QED) is 0.808. The lowest BCUT2D eigenvalue weighted by molar-refractivity contribution is 0.297. The fourth-order valence-electron chi connectivity index (χ4n) is 2.22. The Morgan fingerprint density at radius 3 is 2.42 bits per heavy atom. The second-order valence-electron chi connectivity index (χ2n) is 5.04. The van der Waals surface area contributed by atoms with E-state index in [1.165, 1.54) is 19.3 Å². The normalized spacial score (nSPS) is 16.1. The van der Waals surface area contributed by atoms with Gasteiger partial charge in [0.1, 0.15) is 0 Å². The number of benzene rings is 1. The van der Waals surface area contributed by atoms with E-state index in [0.717, 1.165) is 24.6 Å². The Bertz CT molecular complexity index is 493. The predicted molar refractivity (Wildman–Crippen MR) is 77.8 cm³/mol. The first-order valence-corrected chi connectivity index (χ1v) is 8.44. The molecule has 0 bridgehead atoms. The van der Waals surface area contributed by atoms with Crippen LogP contribution < -0.4 is 10.0 Å². The lowest BCUT2D eigenvalue weighted by Crippen LogP contribution is -2.27. The molecule has 2 rings (SSSR count). The molecule has 0 saturated heterocycles. The minimum Gasteiger partial charge on any atom is -0.385 e. The molecule has 0 atom stereocenters. The van der Waals surface area contributed by atoms with Crippen LogP contribution in [0.3, 0.4) is 0 Å². The van der Waals surface area contributed by atoms with Crippen molar-refractivity contribution in [3.8, 4) is 0 Å². The summed E-state index contributed by atoms with van der Waals surface area (Å²) in [5.41, 5.74) is 0.941. The maximum absolute atomic E-state index is 12.1. The highest BCUT2D eigenvalue weighted by Gasteiger charge is 2.19. The average Bonchev–Trinajstić information content (AvgIpc) is 2.33. The Hall–Kier alpha value is -1.07. The van der Waals surface area contributed by atoms with Gasteiger partial charge in [0.2, 0.25) is 10.0 Å². The maximum Gasteiger partial charge on any atom is 0.240 e. The molecule has 1 aromatic rings. The Labute approximate surface area is 115 Å². The molecule has 106 valence electrons. The molecule has 1 saturated carbocycles. The molecule has 0 aliphatic heterocycles. The monoisotopic (exact) mass is 282 g/mol. The Morgan fingerprint density at radius 1 is 1.21 bits per heavy atom. The molecule has 0 unspecified atom stereocenters. The Morgan fingerprint density at radius 2 is 1.89 bits per heavy atom. The minimum absolute atomic E-state index is 0.336. The molecule has 0 heterocycles. The van der Waals surface area contributed by atoms with Crippen LogP contribution in [-0.2, 0) is 10.0 Å². The van der Waals surface area contributed by atoms with E-state index in [-0.39, 0.29) is 0 Å². The largest absolute Gasteiger partial charge is 0.385 e. The van der Waals surface area contributed by atoms with E-state index >= 15 is 0 Å². The van der Waals surface area contributed by atoms with Crippen molar-refractivity contribution in [3.05, 3.63) is 24.3 Å². The summed E-state index contributed by atoms with van der Waals surface area (Å²) in [5, 5.41) is 3.14. The molecule has 4 nitrogen and oxygen atoms in total. The summed E-state index contributed by atoms with van der Waals surface area (Å²) in [6, 6.07) is 6.88. The number of nitrogens with one attached hydrogen (secondary N) is 2. The smallest absolute Gasteiger partial charge is 0.240 e. The lowest BCUT2D eigenvalue weighted by atomic mass is 9.83. The zero-order valence-corrected chi connectivity index (χ0v) is 12.2. The zero-order chi connectivity index (χ0) is 13.7. The van der Waals surface area contributed by atoms with Crippen LogP contribution in [0.5, 0.6) is 0 Å². The van der Waals surface area contributed by atoms with Crippen molar-refractivity contribution in [1.82, 2.24) is 4.72 Å². The zero-order valence-electron chi connectivity index (χ0n) is 11.4. The van der Waals surface area contributed by atoms with Crippen molar-refractivity contribution in [2.24, 2.45) is 5.92 Å². The number of hydrogen-bond donors (Lipinski definition) is 2. The van der Waals surface area contributed by atoms with Crippen molar-refractivity contribution in [2.45, 2.75) is 37.5 Å². The van der Waals surface area contributed by atoms with Crippen LogP contribution in [-0.4, -0.2) is 21.5 Å². The predicted octanol–water partition coefficient (Wildman–Crippen LogP) is 2.59. The van der Waals surface area contributed by atoms with Gasteiger partial charge in [-0.1, -0.05) is 19.3 Å². The van der Waals surface area contributed by atoms with E-state index in [9.17, 15) is 8.42 Å². The van der Waals surface area contributed by atoms with Gasteiger partial charge in [0.25, 0.3) is 0 Å². The molecule has 0 aromatic heterocycles. The fourth-order valence-corrected chi connectivity index (χ4v) is 3.27. The molecule has 19 heavy (non-hydrogen) atoms. The van der Waals surface area contributed by atoms with Gasteiger partial charge in [0.15, 0.2) is 0 Å². The van der Waals surface area contributed by atoms with E-state index in [2.05, 4.69) is 10.0 Å². The molecule has 5 heteroatoms. The van der Waals surface area contributed by atoms with Crippen LogP contribution in [0.25, 0.3) is 0 Å². The fraction of sp³-hybridized carbons (Fsp3) is 0.571. The summed E-state index contributed by atoms with van der Waals surface area (Å²) in [4.78, 5) is 0.336. The Balaban J connectivity index is 1.90. The first-order chi connectivity index (χ1) is 9.12. The standard InChI is InChI=1S/C14H22N2O2S/c1-2-15-13-6-8-14(9-7-13)19(17,18)16-11-10-12-4-3-5-12/h6-9,12,15-16H,2-5,10-11H2,1H3. The molecule has 0 spiro atoms. The van der Waals surface area contributed by atoms with Crippen LogP contribution in [0.1, 0.15) is 32.6 Å². The van der Waals surface area contributed by atoms with E-state index in [1.54, 1.807) is 24.3 Å². The van der Waals surface area contributed by atoms with Gasteiger partial charge in [-0.15, -0.1) is 0 Å². The number of anilines is 1. The highest BCUT2D eigenvalue weighted by atomic mass is 32.2. The third kappa shape index (κ3) is 3.94. The van der Waals surface area contributed by atoms with Crippen LogP contribution >= 0.6 is 0 Å².